The molecule has 0 spiro atoms. The van der Waals surface area contributed by atoms with E-state index in [0.717, 1.165) is 13.8 Å². The molecule has 0 fully saturated rings. The average molecular weight is 354 g/mol. The molecule has 0 aromatic carbocycles. The number of carboxylic acids is 2. The summed E-state index contributed by atoms with van der Waals surface area (Å²) in [5, 5.41) is 17.1. The molecule has 0 saturated carbocycles. The van der Waals surface area contributed by atoms with Crippen molar-refractivity contribution < 1.29 is 48.5 Å². The molecule has 0 atom stereocenters. The van der Waals surface area contributed by atoms with Gasteiger partial charge in [0.15, 0.2) is 0 Å². The molecule has 0 aromatic rings. The SMILES string of the molecule is C=C(CC(=O)OC(=O)/C=C(\C)C(=O)O)C(=O)OC(=O)/C=C(\C)C(=O)O. The largest absolute Gasteiger partial charge is 0.478 e. The highest BCUT2D eigenvalue weighted by atomic mass is 16.6. The number of aliphatic carboxylic acids is 2. The lowest BCUT2D eigenvalue weighted by Gasteiger charge is -2.04. The van der Waals surface area contributed by atoms with Crippen molar-refractivity contribution in [2.75, 3.05) is 0 Å². The minimum absolute atomic E-state index is 0.373. The van der Waals surface area contributed by atoms with E-state index in [4.69, 9.17) is 10.2 Å². The maximum Gasteiger partial charge on any atom is 0.341 e. The van der Waals surface area contributed by atoms with E-state index in [1.807, 2.05) is 0 Å². The number of carbonyl (C=O) groups excluding carboxylic acids is 4. The third kappa shape index (κ3) is 8.59. The zero-order valence-electron chi connectivity index (χ0n) is 13.2. The third-order valence-electron chi connectivity index (χ3n) is 2.40. The molecule has 2 N–H and O–H groups in total. The molecule has 0 amide bonds. The van der Waals surface area contributed by atoms with E-state index in [2.05, 4.69) is 16.1 Å². The molecule has 10 heteroatoms. The van der Waals surface area contributed by atoms with Crippen LogP contribution in [-0.2, 0) is 38.2 Å². The number of hydrogen-bond donors (Lipinski definition) is 2. The molecule has 0 aliphatic rings. The maximum absolute atomic E-state index is 11.5. The van der Waals surface area contributed by atoms with Gasteiger partial charge >= 0.3 is 35.8 Å². The van der Waals surface area contributed by atoms with Crippen LogP contribution in [0.4, 0.5) is 0 Å². The van der Waals surface area contributed by atoms with Crippen LogP contribution in [-0.4, -0.2) is 46.0 Å². The maximum atomic E-state index is 11.5. The molecule has 25 heavy (non-hydrogen) atoms. The Hall–Kier alpha value is -3.56. The van der Waals surface area contributed by atoms with E-state index < -0.39 is 47.8 Å². The van der Waals surface area contributed by atoms with E-state index in [1.54, 1.807) is 0 Å². The first-order valence-corrected chi connectivity index (χ1v) is 6.45. The monoisotopic (exact) mass is 354 g/mol. The molecule has 134 valence electrons. The van der Waals surface area contributed by atoms with Crippen LogP contribution in [0.5, 0.6) is 0 Å². The highest BCUT2D eigenvalue weighted by Gasteiger charge is 2.19. The summed E-state index contributed by atoms with van der Waals surface area (Å²) in [6.07, 6.45) is 0.304. The summed E-state index contributed by atoms with van der Waals surface area (Å²) in [6, 6.07) is 0. The standard InChI is InChI=1S/C15H14O10/c1-7(13(19)20)4-10(16)24-11(17)6-9(3)15(23)25-12(18)5-8(2)14(21)22/h4-5H,3,6H2,1-2H3,(H,19,20)(H,21,22)/b7-4+,8-5+. The molecule has 0 rings (SSSR count). The molecule has 0 bridgehead atoms. The van der Waals surface area contributed by atoms with Crippen molar-refractivity contribution in [1.29, 1.82) is 0 Å². The van der Waals surface area contributed by atoms with E-state index in [-0.39, 0.29) is 11.1 Å². The second kappa shape index (κ2) is 9.55. The van der Waals surface area contributed by atoms with E-state index in [1.165, 1.54) is 0 Å². The van der Waals surface area contributed by atoms with E-state index >= 15 is 0 Å². The van der Waals surface area contributed by atoms with Crippen LogP contribution in [0.15, 0.2) is 35.5 Å². The summed E-state index contributed by atoms with van der Waals surface area (Å²) in [4.78, 5) is 66.4. The van der Waals surface area contributed by atoms with Gasteiger partial charge in [0, 0.05) is 28.9 Å². The molecule has 10 nitrogen and oxygen atoms in total. The third-order valence-corrected chi connectivity index (χ3v) is 2.40. The zero-order valence-corrected chi connectivity index (χ0v) is 13.2. The molecular weight excluding hydrogens is 340 g/mol. The Morgan fingerprint density at radius 1 is 0.840 bits per heavy atom. The number of hydrogen-bond acceptors (Lipinski definition) is 8. The first-order chi connectivity index (χ1) is 11.4. The lowest BCUT2D eigenvalue weighted by Crippen LogP contribution is -2.18. The zero-order chi connectivity index (χ0) is 19.7. The van der Waals surface area contributed by atoms with Crippen molar-refractivity contribution in [2.45, 2.75) is 20.3 Å². The van der Waals surface area contributed by atoms with Gasteiger partial charge in [-0.05, 0) is 13.8 Å². The number of rotatable bonds is 7. The Kier molecular flexibility index (Phi) is 8.19. The molecule has 0 aromatic heterocycles. The van der Waals surface area contributed by atoms with Crippen LogP contribution in [0.2, 0.25) is 0 Å². The topological polar surface area (TPSA) is 161 Å². The van der Waals surface area contributed by atoms with Crippen molar-refractivity contribution >= 4 is 35.8 Å². The lowest BCUT2D eigenvalue weighted by atomic mass is 10.2. The minimum atomic E-state index is -1.39. The molecule has 0 aliphatic heterocycles. The summed E-state index contributed by atoms with van der Waals surface area (Å²) in [7, 11) is 0. The van der Waals surface area contributed by atoms with E-state index in [9.17, 15) is 28.8 Å². The van der Waals surface area contributed by atoms with Crippen molar-refractivity contribution in [3.63, 3.8) is 0 Å². The predicted octanol–water partition coefficient (Wildman–Crippen LogP) is 0.134. The van der Waals surface area contributed by atoms with Crippen molar-refractivity contribution in [1.82, 2.24) is 0 Å². The first kappa shape index (κ1) is 21.4. The van der Waals surface area contributed by atoms with Crippen LogP contribution < -0.4 is 0 Å². The van der Waals surface area contributed by atoms with Gasteiger partial charge in [0.2, 0.25) is 0 Å². The van der Waals surface area contributed by atoms with Crippen LogP contribution in [0.25, 0.3) is 0 Å². The van der Waals surface area contributed by atoms with Crippen molar-refractivity contribution in [3.05, 3.63) is 35.5 Å². The molecule has 0 radical (unpaired) electrons. The number of carbonyl (C=O) groups is 6. The fraction of sp³-hybridized carbons (Fsp3) is 0.200. The molecular formula is C15H14O10. The van der Waals surface area contributed by atoms with Crippen molar-refractivity contribution in [3.8, 4) is 0 Å². The Balaban J connectivity index is 4.63. The number of ether oxygens (including phenoxy) is 2. The van der Waals surface area contributed by atoms with Gasteiger partial charge in [-0.25, -0.2) is 24.0 Å². The van der Waals surface area contributed by atoms with Crippen LogP contribution in [0.3, 0.4) is 0 Å². The van der Waals surface area contributed by atoms with Gasteiger partial charge in [0.1, 0.15) is 0 Å². The van der Waals surface area contributed by atoms with Crippen LogP contribution in [0, 0.1) is 0 Å². The molecule has 0 aliphatic carbocycles. The summed E-state index contributed by atoms with van der Waals surface area (Å²) in [5.74, 6) is -7.87. The smallest absolute Gasteiger partial charge is 0.341 e. The molecule has 0 unspecified atom stereocenters. The van der Waals surface area contributed by atoms with Crippen LogP contribution >= 0.6 is 0 Å². The summed E-state index contributed by atoms with van der Waals surface area (Å²) in [5.41, 5.74) is -1.29. The molecule has 0 saturated heterocycles. The average Bonchev–Trinajstić information content (AvgIpc) is 2.45. The van der Waals surface area contributed by atoms with E-state index in [0.29, 0.717) is 12.2 Å². The minimum Gasteiger partial charge on any atom is -0.478 e. The Bertz CT molecular complexity index is 708. The lowest BCUT2D eigenvalue weighted by molar-refractivity contribution is -0.159. The highest BCUT2D eigenvalue weighted by molar-refractivity contribution is 6.05. The van der Waals surface area contributed by atoms with Crippen LogP contribution in [0.1, 0.15) is 20.3 Å². The Morgan fingerprint density at radius 2 is 1.24 bits per heavy atom. The van der Waals surface area contributed by atoms with Gasteiger partial charge in [-0.3, -0.25) is 4.79 Å². The Labute approximate surface area is 141 Å². The summed E-state index contributed by atoms with van der Waals surface area (Å²) < 4.78 is 8.47. The van der Waals surface area contributed by atoms with Gasteiger partial charge in [-0.2, -0.15) is 0 Å². The number of carboxylic acid groups (broad SMARTS) is 2. The fourth-order valence-electron chi connectivity index (χ4n) is 1.09. The van der Waals surface area contributed by atoms with Gasteiger partial charge < -0.3 is 19.7 Å². The van der Waals surface area contributed by atoms with Crippen molar-refractivity contribution in [2.24, 2.45) is 0 Å². The summed E-state index contributed by atoms with van der Waals surface area (Å²) >= 11 is 0. The highest BCUT2D eigenvalue weighted by Crippen LogP contribution is 2.05. The van der Waals surface area contributed by atoms with Gasteiger partial charge in [-0.1, -0.05) is 6.58 Å². The predicted molar refractivity (Wildman–Crippen MR) is 78.7 cm³/mol. The fourth-order valence-corrected chi connectivity index (χ4v) is 1.09. The van der Waals surface area contributed by atoms with Gasteiger partial charge in [0.25, 0.3) is 0 Å². The second-order valence-electron chi connectivity index (χ2n) is 4.55. The quantitative estimate of drug-likeness (QED) is 0.365. The summed E-state index contributed by atoms with van der Waals surface area (Å²) in [6.45, 7) is 5.37. The molecule has 0 heterocycles. The number of esters is 4. The second-order valence-corrected chi connectivity index (χ2v) is 4.55. The Morgan fingerprint density at radius 3 is 1.64 bits per heavy atom. The van der Waals surface area contributed by atoms with Gasteiger partial charge in [0.05, 0.1) is 6.42 Å². The van der Waals surface area contributed by atoms with Gasteiger partial charge in [-0.15, -0.1) is 0 Å². The first-order valence-electron chi connectivity index (χ1n) is 6.45. The normalized spacial score (nSPS) is 11.3.